The lowest BCUT2D eigenvalue weighted by Gasteiger charge is -2.31. The van der Waals surface area contributed by atoms with Crippen molar-refractivity contribution in [1.82, 2.24) is 14.5 Å². The highest BCUT2D eigenvalue weighted by atomic mass is 16.2. The number of amides is 1. The van der Waals surface area contributed by atoms with E-state index in [9.17, 15) is 9.59 Å². The van der Waals surface area contributed by atoms with Gasteiger partial charge >= 0.3 is 0 Å². The zero-order chi connectivity index (χ0) is 24.9. The van der Waals surface area contributed by atoms with Gasteiger partial charge in [-0.25, -0.2) is 4.98 Å². The van der Waals surface area contributed by atoms with Crippen LogP contribution < -0.4 is 5.56 Å². The largest absolute Gasteiger partial charge is 0.329 e. The lowest BCUT2D eigenvalue weighted by molar-refractivity contribution is 0.0677. The quantitative estimate of drug-likeness (QED) is 0.282. The summed E-state index contributed by atoms with van der Waals surface area (Å²) in [5.41, 5.74) is 4.07. The molecule has 0 bridgehead atoms. The Hall–Kier alpha value is -3.73. The summed E-state index contributed by atoms with van der Waals surface area (Å²) in [5.74, 6) is 0.519. The Morgan fingerprint density at radius 3 is 2.40 bits per heavy atom. The molecule has 5 heteroatoms. The first-order chi connectivity index (χ1) is 16.9. The first kappa shape index (κ1) is 24.4. The zero-order valence-electron chi connectivity index (χ0n) is 21.0. The van der Waals surface area contributed by atoms with E-state index in [-0.39, 0.29) is 11.5 Å². The lowest BCUT2D eigenvalue weighted by atomic mass is 10.1. The fourth-order valence-electron chi connectivity index (χ4n) is 4.61. The number of hydrogen-bond donors (Lipinski definition) is 0. The van der Waals surface area contributed by atoms with Gasteiger partial charge in [-0.3, -0.25) is 14.2 Å². The fourth-order valence-corrected chi connectivity index (χ4v) is 4.61. The number of fused-ring (bicyclic) bond motifs is 1. The van der Waals surface area contributed by atoms with Crippen LogP contribution in [0.15, 0.2) is 77.6 Å². The molecule has 1 unspecified atom stereocenters. The Morgan fingerprint density at radius 1 is 0.971 bits per heavy atom. The lowest BCUT2D eigenvalue weighted by Crippen LogP contribution is -2.38. The third-order valence-corrected chi connectivity index (χ3v) is 6.52. The monoisotopic (exact) mass is 467 g/mol. The van der Waals surface area contributed by atoms with E-state index in [0.29, 0.717) is 28.8 Å². The van der Waals surface area contributed by atoms with Gasteiger partial charge in [0.15, 0.2) is 0 Å². The van der Waals surface area contributed by atoms with Crippen LogP contribution in [-0.4, -0.2) is 26.9 Å². The second-order valence-corrected chi connectivity index (χ2v) is 9.17. The molecule has 3 aromatic carbocycles. The summed E-state index contributed by atoms with van der Waals surface area (Å²) in [4.78, 5) is 34.3. The maximum atomic E-state index is 13.8. The van der Waals surface area contributed by atoms with Gasteiger partial charge in [-0.1, -0.05) is 67.8 Å². The average molecular weight is 468 g/mol. The molecule has 4 rings (SSSR count). The minimum atomic E-state index is -0.405. The highest BCUT2D eigenvalue weighted by Gasteiger charge is 2.27. The molecule has 0 aliphatic heterocycles. The second kappa shape index (κ2) is 10.7. The van der Waals surface area contributed by atoms with Crippen molar-refractivity contribution in [2.75, 3.05) is 6.54 Å². The number of unbranched alkanes of at least 4 members (excludes halogenated alkanes) is 2. The summed E-state index contributed by atoms with van der Waals surface area (Å²) < 4.78 is 1.70. The first-order valence-corrected chi connectivity index (χ1v) is 12.4. The molecule has 0 saturated heterocycles. The Balaban J connectivity index is 1.91. The molecule has 35 heavy (non-hydrogen) atoms. The molecule has 0 fully saturated rings. The zero-order valence-corrected chi connectivity index (χ0v) is 21.0. The molecule has 0 aliphatic rings. The van der Waals surface area contributed by atoms with Gasteiger partial charge < -0.3 is 4.90 Å². The van der Waals surface area contributed by atoms with Crippen LogP contribution in [-0.2, 0) is 0 Å². The predicted molar refractivity (Wildman–Crippen MR) is 142 cm³/mol. The van der Waals surface area contributed by atoms with Crippen LogP contribution >= 0.6 is 0 Å². The van der Waals surface area contributed by atoms with Crippen LogP contribution in [0.25, 0.3) is 16.6 Å². The van der Waals surface area contributed by atoms with Crippen molar-refractivity contribution in [3.8, 4) is 5.69 Å². The van der Waals surface area contributed by atoms with E-state index in [1.54, 1.807) is 4.57 Å². The van der Waals surface area contributed by atoms with Gasteiger partial charge in [-0.2, -0.15) is 0 Å². The van der Waals surface area contributed by atoms with Crippen molar-refractivity contribution in [1.29, 1.82) is 0 Å². The number of aryl methyl sites for hydroxylation is 2. The van der Waals surface area contributed by atoms with E-state index < -0.39 is 6.04 Å². The molecule has 180 valence electrons. The van der Waals surface area contributed by atoms with E-state index >= 15 is 0 Å². The van der Waals surface area contributed by atoms with E-state index in [4.69, 9.17) is 4.98 Å². The van der Waals surface area contributed by atoms with Crippen LogP contribution in [0.2, 0.25) is 0 Å². The van der Waals surface area contributed by atoms with Gasteiger partial charge in [0.1, 0.15) is 5.82 Å². The van der Waals surface area contributed by atoms with E-state index in [0.717, 1.165) is 36.1 Å². The summed E-state index contributed by atoms with van der Waals surface area (Å²) in [6.07, 6.45) is 2.98. The molecule has 0 spiro atoms. The molecule has 1 heterocycles. The summed E-state index contributed by atoms with van der Waals surface area (Å²) in [6, 6.07) is 22.4. The van der Waals surface area contributed by atoms with Crippen molar-refractivity contribution in [3.05, 3.63) is 106 Å². The molecule has 0 saturated carbocycles. The number of para-hydroxylation sites is 1. The molecular weight excluding hydrogens is 434 g/mol. The number of hydrogen-bond acceptors (Lipinski definition) is 3. The van der Waals surface area contributed by atoms with Gasteiger partial charge in [-0.05, 0) is 63.1 Å². The van der Waals surface area contributed by atoms with Gasteiger partial charge in [0.25, 0.3) is 11.5 Å². The Labute approximate surface area is 207 Å². The number of carbonyl (C=O) groups is 1. The standard InChI is InChI=1S/C30H33N3O2/c1-5-6-12-19-32(29(34)24-13-8-7-9-14-24)23(4)28-31-26-16-11-10-15-25(26)30(35)33(28)27-18-17-21(2)20-22(27)3/h7-11,13-18,20,23H,5-6,12,19H2,1-4H3. The molecule has 1 atom stereocenters. The summed E-state index contributed by atoms with van der Waals surface area (Å²) in [5, 5.41) is 0.565. The molecule has 0 radical (unpaired) electrons. The highest BCUT2D eigenvalue weighted by molar-refractivity contribution is 5.94. The van der Waals surface area contributed by atoms with E-state index in [1.807, 2.05) is 92.4 Å². The van der Waals surface area contributed by atoms with Crippen LogP contribution in [0, 0.1) is 13.8 Å². The second-order valence-electron chi connectivity index (χ2n) is 9.17. The summed E-state index contributed by atoms with van der Waals surface area (Å²) in [7, 11) is 0. The van der Waals surface area contributed by atoms with Crippen molar-refractivity contribution < 1.29 is 4.79 Å². The normalized spacial score (nSPS) is 12.0. The summed E-state index contributed by atoms with van der Waals surface area (Å²) >= 11 is 0. The van der Waals surface area contributed by atoms with Crippen molar-refractivity contribution in [2.45, 2.75) is 53.0 Å². The van der Waals surface area contributed by atoms with Crippen LogP contribution in [0.3, 0.4) is 0 Å². The number of nitrogens with zero attached hydrogens (tertiary/aromatic N) is 3. The molecule has 4 aromatic rings. The van der Waals surface area contributed by atoms with Crippen LogP contribution in [0.1, 0.15) is 66.5 Å². The van der Waals surface area contributed by atoms with E-state index in [1.165, 1.54) is 0 Å². The third kappa shape index (κ3) is 5.04. The molecule has 0 aliphatic carbocycles. The maximum Gasteiger partial charge on any atom is 0.266 e. The van der Waals surface area contributed by atoms with E-state index in [2.05, 4.69) is 13.0 Å². The minimum Gasteiger partial charge on any atom is -0.329 e. The molecular formula is C30H33N3O2. The van der Waals surface area contributed by atoms with Crippen LogP contribution in [0.4, 0.5) is 0 Å². The maximum absolute atomic E-state index is 13.8. The Kier molecular flexibility index (Phi) is 7.45. The summed E-state index contributed by atoms with van der Waals surface area (Å²) in [6.45, 7) is 8.76. The minimum absolute atomic E-state index is 0.0520. The van der Waals surface area contributed by atoms with Gasteiger partial charge in [0.2, 0.25) is 0 Å². The number of benzene rings is 3. The van der Waals surface area contributed by atoms with Crippen molar-refractivity contribution in [2.24, 2.45) is 0 Å². The van der Waals surface area contributed by atoms with Crippen LogP contribution in [0.5, 0.6) is 0 Å². The SMILES string of the molecule is CCCCCN(C(=O)c1ccccc1)C(C)c1nc2ccccc2c(=O)n1-c1ccc(C)cc1C. The smallest absolute Gasteiger partial charge is 0.266 e. The topological polar surface area (TPSA) is 55.2 Å². The molecule has 1 aromatic heterocycles. The van der Waals surface area contributed by atoms with Crippen molar-refractivity contribution in [3.63, 3.8) is 0 Å². The third-order valence-electron chi connectivity index (χ3n) is 6.52. The number of aromatic nitrogens is 2. The van der Waals surface area contributed by atoms with Gasteiger partial charge in [-0.15, -0.1) is 0 Å². The molecule has 1 amide bonds. The fraction of sp³-hybridized carbons (Fsp3) is 0.300. The molecule has 0 N–H and O–H groups in total. The predicted octanol–water partition coefficient (Wildman–Crippen LogP) is 6.40. The molecule has 5 nitrogen and oxygen atoms in total. The highest BCUT2D eigenvalue weighted by Crippen LogP contribution is 2.26. The number of carbonyl (C=O) groups excluding carboxylic acids is 1. The number of rotatable bonds is 8. The van der Waals surface area contributed by atoms with Crippen molar-refractivity contribution >= 4 is 16.8 Å². The Morgan fingerprint density at radius 2 is 1.69 bits per heavy atom. The average Bonchev–Trinajstić information content (AvgIpc) is 2.87. The van der Waals surface area contributed by atoms with Gasteiger partial charge in [0, 0.05) is 12.1 Å². The first-order valence-electron chi connectivity index (χ1n) is 12.4. The Bertz CT molecular complexity index is 1390. The van der Waals surface area contributed by atoms with Gasteiger partial charge in [0.05, 0.1) is 22.6 Å².